The summed E-state index contributed by atoms with van der Waals surface area (Å²) in [5.74, 6) is 0. The summed E-state index contributed by atoms with van der Waals surface area (Å²) in [6.07, 6.45) is 4.54. The van der Waals surface area contributed by atoms with Crippen LogP contribution >= 0.6 is 0 Å². The van der Waals surface area contributed by atoms with E-state index in [4.69, 9.17) is 0 Å². The van der Waals surface area contributed by atoms with Crippen LogP contribution in [0.25, 0.3) is 0 Å². The van der Waals surface area contributed by atoms with Crippen LogP contribution in [0.2, 0.25) is 0 Å². The van der Waals surface area contributed by atoms with E-state index in [0.717, 1.165) is 78.0 Å². The molecule has 0 aliphatic carbocycles. The van der Waals surface area contributed by atoms with Gasteiger partial charge in [-0.25, -0.2) is 0 Å². The topological polar surface area (TPSA) is 13.0 Å². The number of hydrogen-bond donors (Lipinski definition) is 0. The van der Waals surface area contributed by atoms with Crippen molar-refractivity contribution in [2.45, 2.75) is 104 Å². The van der Waals surface area contributed by atoms with Crippen molar-refractivity contribution >= 4 is 0 Å². The first-order chi connectivity index (χ1) is 23.6. The fraction of sp³-hybridized carbons (Fsp3) is 0.455. The van der Waals surface area contributed by atoms with Crippen molar-refractivity contribution in [3.05, 3.63) is 144 Å². The Balaban J connectivity index is 1.57. The Bertz CT molecular complexity index is 1190. The standard InChI is InChI=1S/C44H60N4/c1-5-41-33-46(30-38-23-15-10-16-24-38)43(7-3)35-48(32-40-27-19-12-20-28-40)44(8-4)36-47(31-39-25-17-11-18-26-39)42(6-2)34-45(41)29-37-21-13-9-14-22-37/h9-28,41-44H,5-8,29-36H2,1-4H3/t41-,42-,43-,44-/m0/s1. The molecule has 4 atom stereocenters. The number of benzene rings is 4. The maximum absolute atomic E-state index is 2.84. The lowest BCUT2D eigenvalue weighted by molar-refractivity contribution is 0.0150. The highest BCUT2D eigenvalue weighted by atomic mass is 15.3. The molecule has 1 heterocycles. The minimum atomic E-state index is 0.458. The third-order valence-electron chi connectivity index (χ3n) is 10.6. The molecule has 4 aromatic rings. The highest BCUT2D eigenvalue weighted by Crippen LogP contribution is 2.25. The van der Waals surface area contributed by atoms with Crippen LogP contribution < -0.4 is 0 Å². The van der Waals surface area contributed by atoms with Crippen molar-refractivity contribution < 1.29 is 0 Å². The van der Waals surface area contributed by atoms with Gasteiger partial charge < -0.3 is 0 Å². The number of nitrogens with zero attached hydrogens (tertiary/aromatic N) is 4. The van der Waals surface area contributed by atoms with E-state index in [1.165, 1.54) is 22.3 Å². The van der Waals surface area contributed by atoms with Gasteiger partial charge in [0.15, 0.2) is 0 Å². The van der Waals surface area contributed by atoms with Crippen molar-refractivity contribution in [1.82, 2.24) is 19.6 Å². The highest BCUT2D eigenvalue weighted by molar-refractivity contribution is 5.18. The molecule has 0 amide bonds. The number of rotatable bonds is 12. The zero-order valence-corrected chi connectivity index (χ0v) is 30.1. The van der Waals surface area contributed by atoms with E-state index >= 15 is 0 Å². The fourth-order valence-electron chi connectivity index (χ4n) is 7.74. The first-order valence-electron chi connectivity index (χ1n) is 18.7. The zero-order chi connectivity index (χ0) is 33.6. The molecular formula is C44H60N4. The summed E-state index contributed by atoms with van der Waals surface area (Å²) in [5, 5.41) is 0. The fourth-order valence-corrected chi connectivity index (χ4v) is 7.74. The Morgan fingerprint density at radius 2 is 0.521 bits per heavy atom. The van der Waals surface area contributed by atoms with Crippen LogP contribution in [0.3, 0.4) is 0 Å². The summed E-state index contributed by atoms with van der Waals surface area (Å²) in [4.78, 5) is 11.4. The van der Waals surface area contributed by atoms with Gasteiger partial charge in [0, 0.05) is 76.5 Å². The Hall–Kier alpha value is -3.28. The predicted molar refractivity (Wildman–Crippen MR) is 204 cm³/mol. The summed E-state index contributed by atoms with van der Waals surface area (Å²) in [5.41, 5.74) is 5.65. The van der Waals surface area contributed by atoms with Crippen LogP contribution in [0.1, 0.15) is 75.6 Å². The smallest absolute Gasteiger partial charge is 0.0237 e. The van der Waals surface area contributed by atoms with Gasteiger partial charge in [-0.05, 0) is 47.9 Å². The lowest BCUT2D eigenvalue weighted by Crippen LogP contribution is -2.57. The molecule has 0 saturated carbocycles. The second-order valence-corrected chi connectivity index (χ2v) is 13.9. The third-order valence-corrected chi connectivity index (χ3v) is 10.6. The summed E-state index contributed by atoms with van der Waals surface area (Å²) >= 11 is 0. The SMILES string of the molecule is CC[C@H]1CN(Cc2ccccc2)[C@@H](CC)CN(Cc2ccccc2)[C@@H](CC)CN(Cc2ccccc2)[C@@H](CC)CN1Cc1ccccc1. The predicted octanol–water partition coefficient (Wildman–Crippen LogP) is 9.12. The van der Waals surface area contributed by atoms with E-state index in [2.05, 4.69) is 169 Å². The molecular weight excluding hydrogens is 585 g/mol. The van der Waals surface area contributed by atoms with Gasteiger partial charge in [-0.3, -0.25) is 19.6 Å². The molecule has 256 valence electrons. The van der Waals surface area contributed by atoms with Crippen molar-refractivity contribution in [2.75, 3.05) is 26.2 Å². The molecule has 5 rings (SSSR count). The normalized spacial score (nSPS) is 22.6. The van der Waals surface area contributed by atoms with Crippen LogP contribution in [-0.4, -0.2) is 69.9 Å². The molecule has 1 aliphatic heterocycles. The van der Waals surface area contributed by atoms with Gasteiger partial charge >= 0.3 is 0 Å². The second kappa shape index (κ2) is 19.0. The van der Waals surface area contributed by atoms with Crippen LogP contribution in [0.5, 0.6) is 0 Å². The van der Waals surface area contributed by atoms with E-state index in [-0.39, 0.29) is 0 Å². The Morgan fingerprint density at radius 3 is 0.688 bits per heavy atom. The minimum absolute atomic E-state index is 0.458. The highest BCUT2D eigenvalue weighted by Gasteiger charge is 2.33. The van der Waals surface area contributed by atoms with Gasteiger partial charge in [0.2, 0.25) is 0 Å². The molecule has 1 aliphatic rings. The Kier molecular flexibility index (Phi) is 14.3. The summed E-state index contributed by atoms with van der Waals surface area (Å²) in [6.45, 7) is 17.9. The Morgan fingerprint density at radius 1 is 0.333 bits per heavy atom. The second-order valence-electron chi connectivity index (χ2n) is 13.9. The van der Waals surface area contributed by atoms with E-state index in [0.29, 0.717) is 24.2 Å². The van der Waals surface area contributed by atoms with Gasteiger partial charge in [0.05, 0.1) is 0 Å². The first kappa shape index (κ1) is 36.0. The summed E-state index contributed by atoms with van der Waals surface area (Å²) in [6, 6.07) is 46.6. The molecule has 0 aromatic heterocycles. The summed E-state index contributed by atoms with van der Waals surface area (Å²) < 4.78 is 0. The molecule has 0 N–H and O–H groups in total. The molecule has 0 bridgehead atoms. The van der Waals surface area contributed by atoms with Crippen molar-refractivity contribution in [3.8, 4) is 0 Å². The first-order valence-corrected chi connectivity index (χ1v) is 18.7. The Labute approximate surface area is 292 Å². The molecule has 4 nitrogen and oxygen atoms in total. The summed E-state index contributed by atoms with van der Waals surface area (Å²) in [7, 11) is 0. The lowest BCUT2D eigenvalue weighted by atomic mass is 10.0. The lowest BCUT2D eigenvalue weighted by Gasteiger charge is -2.46. The minimum Gasteiger partial charge on any atom is -0.293 e. The van der Waals surface area contributed by atoms with Gasteiger partial charge in [-0.1, -0.05) is 149 Å². The molecule has 4 aromatic carbocycles. The van der Waals surface area contributed by atoms with Gasteiger partial charge in [0.25, 0.3) is 0 Å². The van der Waals surface area contributed by atoms with Gasteiger partial charge in [-0.2, -0.15) is 0 Å². The molecule has 4 heteroatoms. The van der Waals surface area contributed by atoms with Gasteiger partial charge in [-0.15, -0.1) is 0 Å². The van der Waals surface area contributed by atoms with Crippen LogP contribution in [0.4, 0.5) is 0 Å². The maximum Gasteiger partial charge on any atom is 0.0237 e. The molecule has 1 fully saturated rings. The molecule has 0 radical (unpaired) electrons. The largest absolute Gasteiger partial charge is 0.293 e. The average Bonchev–Trinajstić information content (AvgIpc) is 3.13. The molecule has 1 saturated heterocycles. The zero-order valence-electron chi connectivity index (χ0n) is 30.1. The van der Waals surface area contributed by atoms with Crippen LogP contribution in [0, 0.1) is 0 Å². The van der Waals surface area contributed by atoms with Crippen LogP contribution in [0.15, 0.2) is 121 Å². The monoisotopic (exact) mass is 644 g/mol. The van der Waals surface area contributed by atoms with Gasteiger partial charge in [0.1, 0.15) is 0 Å². The maximum atomic E-state index is 2.84. The van der Waals surface area contributed by atoms with Crippen molar-refractivity contribution in [3.63, 3.8) is 0 Å². The molecule has 0 spiro atoms. The van der Waals surface area contributed by atoms with E-state index < -0.39 is 0 Å². The van der Waals surface area contributed by atoms with Crippen molar-refractivity contribution in [1.29, 1.82) is 0 Å². The third kappa shape index (κ3) is 10.4. The quantitative estimate of drug-likeness (QED) is 0.153. The molecule has 48 heavy (non-hydrogen) atoms. The number of hydrogen-bond acceptors (Lipinski definition) is 4. The van der Waals surface area contributed by atoms with E-state index in [9.17, 15) is 0 Å². The van der Waals surface area contributed by atoms with Crippen molar-refractivity contribution in [2.24, 2.45) is 0 Å². The average molecular weight is 645 g/mol. The molecule has 0 unspecified atom stereocenters. The van der Waals surface area contributed by atoms with E-state index in [1.54, 1.807) is 0 Å². The van der Waals surface area contributed by atoms with Crippen LogP contribution in [-0.2, 0) is 26.2 Å². The van der Waals surface area contributed by atoms with E-state index in [1.807, 2.05) is 0 Å².